The van der Waals surface area contributed by atoms with Gasteiger partial charge in [0.25, 0.3) is 0 Å². The van der Waals surface area contributed by atoms with Gasteiger partial charge in [-0.05, 0) is 42.0 Å². The van der Waals surface area contributed by atoms with Gasteiger partial charge in [0.1, 0.15) is 6.04 Å². The Kier molecular flexibility index (Phi) is 6.93. The number of aromatic nitrogens is 1. The molecule has 196 valence electrons. The van der Waals surface area contributed by atoms with Crippen molar-refractivity contribution in [1.82, 2.24) is 9.29 Å². The van der Waals surface area contributed by atoms with E-state index in [4.69, 9.17) is 0 Å². The molecule has 1 aliphatic rings. The van der Waals surface area contributed by atoms with Crippen LogP contribution in [0.2, 0.25) is 0 Å². The first-order valence-corrected chi connectivity index (χ1v) is 13.1. The third-order valence-corrected chi connectivity index (χ3v) is 8.34. The number of fused-ring (bicyclic) bond motifs is 1. The van der Waals surface area contributed by atoms with Crippen LogP contribution in [0.5, 0.6) is 0 Å². The summed E-state index contributed by atoms with van der Waals surface area (Å²) in [6, 6.07) is 6.62. The maximum atomic E-state index is 14.2. The Bertz CT molecular complexity index is 1360. The van der Waals surface area contributed by atoms with Gasteiger partial charge in [-0.15, -0.1) is 0 Å². The molecule has 1 saturated carbocycles. The number of halogens is 6. The molecule has 1 N–H and O–H groups in total. The second-order valence-electron chi connectivity index (χ2n) is 9.60. The molecule has 2 aromatic carbocycles. The van der Waals surface area contributed by atoms with Gasteiger partial charge in [-0.2, -0.15) is 31.1 Å². The van der Waals surface area contributed by atoms with E-state index in [9.17, 15) is 34.8 Å². The van der Waals surface area contributed by atoms with E-state index in [1.165, 1.54) is 42.6 Å². The molecule has 4 nitrogen and oxygen atoms in total. The summed E-state index contributed by atoms with van der Waals surface area (Å²) in [4.78, 5) is 0. The summed E-state index contributed by atoms with van der Waals surface area (Å²) < 4.78 is 112. The van der Waals surface area contributed by atoms with E-state index in [1.807, 2.05) is 18.6 Å². The first-order valence-electron chi connectivity index (χ1n) is 11.6. The number of benzene rings is 2. The molecule has 1 fully saturated rings. The minimum atomic E-state index is -4.92. The van der Waals surface area contributed by atoms with Crippen molar-refractivity contribution in [3.8, 4) is 11.1 Å². The normalized spacial score (nSPS) is 16.5. The van der Waals surface area contributed by atoms with E-state index in [1.54, 1.807) is 4.57 Å². The van der Waals surface area contributed by atoms with Crippen molar-refractivity contribution >= 4 is 20.9 Å². The van der Waals surface area contributed by atoms with Crippen molar-refractivity contribution in [3.63, 3.8) is 0 Å². The zero-order valence-electron chi connectivity index (χ0n) is 19.6. The topological polar surface area (TPSA) is 51.1 Å². The van der Waals surface area contributed by atoms with E-state index in [-0.39, 0.29) is 28.0 Å². The average molecular weight is 533 g/mol. The Morgan fingerprint density at radius 3 is 2.25 bits per heavy atom. The van der Waals surface area contributed by atoms with Crippen LogP contribution in [0.3, 0.4) is 0 Å². The molecule has 0 amide bonds. The van der Waals surface area contributed by atoms with Crippen molar-refractivity contribution in [2.24, 2.45) is 5.92 Å². The maximum Gasteiger partial charge on any atom is 0.417 e. The molecule has 0 bridgehead atoms. The number of hydrogen-bond donors (Lipinski definition) is 1. The van der Waals surface area contributed by atoms with Crippen molar-refractivity contribution in [3.05, 3.63) is 59.8 Å². The van der Waals surface area contributed by atoms with Gasteiger partial charge in [-0.25, -0.2) is 8.42 Å². The highest BCUT2D eigenvalue weighted by Gasteiger charge is 2.46. The Labute approximate surface area is 205 Å². The van der Waals surface area contributed by atoms with Crippen LogP contribution in [0.4, 0.5) is 26.3 Å². The van der Waals surface area contributed by atoms with Gasteiger partial charge in [0.2, 0.25) is 10.0 Å². The smallest absolute Gasteiger partial charge is 0.347 e. The fourth-order valence-corrected chi connectivity index (χ4v) is 6.23. The Balaban J connectivity index is 1.88. The lowest BCUT2D eigenvalue weighted by Gasteiger charge is -2.29. The first-order chi connectivity index (χ1) is 16.7. The molecule has 0 saturated heterocycles. The lowest BCUT2D eigenvalue weighted by atomic mass is 9.97. The van der Waals surface area contributed by atoms with Crippen LogP contribution in [0.25, 0.3) is 22.0 Å². The summed E-state index contributed by atoms with van der Waals surface area (Å²) in [5.41, 5.74) is -0.734. The highest BCUT2D eigenvalue weighted by Crippen LogP contribution is 2.42. The monoisotopic (exact) mass is 532 g/mol. The minimum absolute atomic E-state index is 0.00979. The van der Waals surface area contributed by atoms with Gasteiger partial charge in [-0.1, -0.05) is 50.6 Å². The zero-order valence-corrected chi connectivity index (χ0v) is 20.4. The van der Waals surface area contributed by atoms with Crippen molar-refractivity contribution < 1.29 is 34.8 Å². The molecule has 3 aromatic rings. The van der Waals surface area contributed by atoms with E-state index in [0.29, 0.717) is 31.3 Å². The fraction of sp³-hybridized carbons (Fsp3) is 0.440. The molecule has 0 radical (unpaired) electrons. The molecule has 1 aromatic heterocycles. The second kappa shape index (κ2) is 9.41. The van der Waals surface area contributed by atoms with Gasteiger partial charge in [0.15, 0.2) is 0 Å². The van der Waals surface area contributed by atoms with Crippen LogP contribution in [-0.2, 0) is 22.7 Å². The summed E-state index contributed by atoms with van der Waals surface area (Å²) in [5, 5.41) is -0.737. The Morgan fingerprint density at radius 2 is 1.69 bits per heavy atom. The highest BCUT2D eigenvalue weighted by atomic mass is 32.2. The van der Waals surface area contributed by atoms with Crippen molar-refractivity contribution in [2.45, 2.75) is 63.3 Å². The molecule has 11 heteroatoms. The Morgan fingerprint density at radius 1 is 1.03 bits per heavy atom. The van der Waals surface area contributed by atoms with Crippen LogP contribution >= 0.6 is 0 Å². The lowest BCUT2D eigenvalue weighted by molar-refractivity contribution is -0.152. The van der Waals surface area contributed by atoms with Crippen LogP contribution in [-0.4, -0.2) is 24.4 Å². The van der Waals surface area contributed by atoms with Gasteiger partial charge in [0.05, 0.1) is 10.8 Å². The molecule has 4 rings (SSSR count). The van der Waals surface area contributed by atoms with Crippen LogP contribution in [0.1, 0.15) is 50.3 Å². The summed E-state index contributed by atoms with van der Waals surface area (Å²) in [6.45, 7) is 4.00. The molecule has 0 spiro atoms. The molecule has 0 unspecified atom stereocenters. The number of nitrogens with one attached hydrogen (secondary N) is 1. The largest absolute Gasteiger partial charge is 0.417 e. The van der Waals surface area contributed by atoms with Gasteiger partial charge >= 0.3 is 12.4 Å². The predicted molar refractivity (Wildman–Crippen MR) is 126 cm³/mol. The maximum absolute atomic E-state index is 14.2. The number of hydrogen-bond acceptors (Lipinski definition) is 2. The van der Waals surface area contributed by atoms with Crippen LogP contribution in [0.15, 0.2) is 48.7 Å². The molecule has 1 heterocycles. The SMILES string of the molecule is CC(C)Cn1cc([C@H](NS(=O)(=O)C2CCC2)C(F)(F)F)c2ccc(-c3ccccc3C(F)(F)F)cc21. The standard InChI is InChI=1S/C25H26F6N2O2S/c1-15(2)13-33-14-20(23(25(29,30)31)32-36(34,35)17-6-5-7-17)19-11-10-16(12-22(19)33)18-8-3-4-9-21(18)24(26,27)28/h3-4,8-12,14-15,17,23,32H,5-7,13H2,1-2H3/t23-/m0/s1. The van der Waals surface area contributed by atoms with E-state index in [0.717, 1.165) is 6.07 Å². The zero-order chi connectivity index (χ0) is 26.5. The molecule has 1 atom stereocenters. The average Bonchev–Trinajstić information content (AvgIpc) is 3.05. The minimum Gasteiger partial charge on any atom is -0.347 e. The van der Waals surface area contributed by atoms with Crippen LogP contribution in [0, 0.1) is 5.92 Å². The number of rotatable bonds is 7. The summed E-state index contributed by atoms with van der Waals surface area (Å²) in [6.07, 6.45) is -7.04. The van der Waals surface area contributed by atoms with Gasteiger partial charge < -0.3 is 4.57 Å². The van der Waals surface area contributed by atoms with E-state index in [2.05, 4.69) is 0 Å². The third-order valence-electron chi connectivity index (χ3n) is 6.43. The molecular formula is C25H26F6N2O2S. The Hall–Kier alpha value is -2.53. The molecule has 36 heavy (non-hydrogen) atoms. The lowest BCUT2D eigenvalue weighted by Crippen LogP contribution is -2.44. The highest BCUT2D eigenvalue weighted by molar-refractivity contribution is 7.90. The van der Waals surface area contributed by atoms with E-state index < -0.39 is 39.2 Å². The van der Waals surface area contributed by atoms with Crippen molar-refractivity contribution in [1.29, 1.82) is 0 Å². The molecule has 1 aliphatic carbocycles. The van der Waals surface area contributed by atoms with Gasteiger partial charge in [-0.3, -0.25) is 0 Å². The van der Waals surface area contributed by atoms with Crippen LogP contribution < -0.4 is 4.72 Å². The predicted octanol–water partition coefficient (Wildman–Crippen LogP) is 7.06. The van der Waals surface area contributed by atoms with E-state index >= 15 is 0 Å². The second-order valence-corrected chi connectivity index (χ2v) is 11.6. The number of sulfonamides is 1. The fourth-order valence-electron chi connectivity index (χ4n) is 4.49. The van der Waals surface area contributed by atoms with Crippen molar-refractivity contribution in [2.75, 3.05) is 0 Å². The number of nitrogens with zero attached hydrogens (tertiary/aromatic N) is 1. The molecular weight excluding hydrogens is 506 g/mol. The quantitative estimate of drug-likeness (QED) is 0.331. The number of alkyl halides is 6. The first kappa shape index (κ1) is 26.5. The molecule has 0 aliphatic heterocycles. The third kappa shape index (κ3) is 5.27. The van der Waals surface area contributed by atoms with Gasteiger partial charge in [0, 0.05) is 29.2 Å². The summed E-state index contributed by atoms with van der Waals surface area (Å²) in [7, 11) is -4.21. The summed E-state index contributed by atoms with van der Waals surface area (Å²) >= 11 is 0. The summed E-state index contributed by atoms with van der Waals surface area (Å²) in [5.74, 6) is 0.00979.